The van der Waals surface area contributed by atoms with Gasteiger partial charge in [-0.1, -0.05) is 23.7 Å². The average molecular weight is 324 g/mol. The van der Waals surface area contributed by atoms with Crippen LogP contribution in [0.4, 0.5) is 4.39 Å². The van der Waals surface area contributed by atoms with Crippen molar-refractivity contribution in [1.82, 2.24) is 4.90 Å². The van der Waals surface area contributed by atoms with Gasteiger partial charge < -0.3 is 10.6 Å². The van der Waals surface area contributed by atoms with Gasteiger partial charge >= 0.3 is 0 Å². The van der Waals surface area contributed by atoms with Gasteiger partial charge in [0.1, 0.15) is 5.82 Å². The van der Waals surface area contributed by atoms with Crippen molar-refractivity contribution in [3.05, 3.63) is 57.0 Å². The van der Waals surface area contributed by atoms with Gasteiger partial charge in [0, 0.05) is 9.90 Å². The number of hydrogen-bond donors (Lipinski definition) is 1. The maximum absolute atomic E-state index is 13.3. The van der Waals surface area contributed by atoms with Crippen LogP contribution in [0.1, 0.15) is 17.4 Å². The van der Waals surface area contributed by atoms with Crippen LogP contribution in [-0.4, -0.2) is 17.4 Å². The molecule has 2 heterocycles. The van der Waals surface area contributed by atoms with Crippen LogP contribution in [0.3, 0.4) is 0 Å². The monoisotopic (exact) mass is 323 g/mol. The first-order chi connectivity index (χ1) is 10.0. The standard InChI is InChI=1S/C15H15ClFN3S/c1-15(12-5-4-10(17)7-13(12)16)9-19-14(18)20(15)8-11-3-2-6-21-11/h2-7H,8-9H2,1H3,(H2,18,19). The molecule has 2 N–H and O–H groups in total. The van der Waals surface area contributed by atoms with Gasteiger partial charge in [0.25, 0.3) is 0 Å². The molecule has 1 atom stereocenters. The predicted molar refractivity (Wildman–Crippen MR) is 85.1 cm³/mol. The number of nitrogens with zero attached hydrogens (tertiary/aromatic N) is 2. The smallest absolute Gasteiger partial charge is 0.192 e. The molecule has 2 aromatic rings. The number of guanidine groups is 1. The molecule has 1 unspecified atom stereocenters. The maximum atomic E-state index is 13.3. The van der Waals surface area contributed by atoms with Crippen molar-refractivity contribution < 1.29 is 4.39 Å². The number of benzene rings is 1. The van der Waals surface area contributed by atoms with Crippen LogP contribution < -0.4 is 5.73 Å². The van der Waals surface area contributed by atoms with E-state index in [1.165, 1.54) is 17.0 Å². The van der Waals surface area contributed by atoms with E-state index >= 15 is 0 Å². The van der Waals surface area contributed by atoms with E-state index in [4.69, 9.17) is 17.3 Å². The number of hydrogen-bond acceptors (Lipinski definition) is 4. The Balaban J connectivity index is 1.98. The summed E-state index contributed by atoms with van der Waals surface area (Å²) in [6.45, 7) is 3.20. The number of thiophene rings is 1. The molecule has 1 aliphatic rings. The lowest BCUT2D eigenvalue weighted by molar-refractivity contribution is 0.219. The van der Waals surface area contributed by atoms with Crippen LogP contribution >= 0.6 is 22.9 Å². The summed E-state index contributed by atoms with van der Waals surface area (Å²) < 4.78 is 13.3. The van der Waals surface area contributed by atoms with Crippen molar-refractivity contribution in [3.63, 3.8) is 0 Å². The molecular weight excluding hydrogens is 309 g/mol. The third-order valence-corrected chi connectivity index (χ3v) is 5.00. The van der Waals surface area contributed by atoms with Crippen molar-refractivity contribution in [2.45, 2.75) is 19.0 Å². The summed E-state index contributed by atoms with van der Waals surface area (Å²) in [6, 6.07) is 8.53. The molecule has 1 aromatic carbocycles. The van der Waals surface area contributed by atoms with Gasteiger partial charge in [0.05, 0.1) is 18.6 Å². The third kappa shape index (κ3) is 2.51. The van der Waals surface area contributed by atoms with Gasteiger partial charge in [-0.25, -0.2) is 4.39 Å². The fourth-order valence-corrected chi connectivity index (χ4v) is 3.69. The predicted octanol–water partition coefficient (Wildman–Crippen LogP) is 3.59. The zero-order valence-corrected chi connectivity index (χ0v) is 13.1. The Hall–Kier alpha value is -1.59. The number of halogens is 2. The highest BCUT2D eigenvalue weighted by atomic mass is 35.5. The zero-order chi connectivity index (χ0) is 15.0. The molecule has 1 aliphatic heterocycles. The molecule has 0 saturated heterocycles. The first-order valence-electron chi connectivity index (χ1n) is 6.56. The SMILES string of the molecule is CC1(c2ccc(F)cc2Cl)CN=C(N)N1Cc1cccs1. The van der Waals surface area contributed by atoms with Crippen LogP contribution in [0.5, 0.6) is 0 Å². The summed E-state index contributed by atoms with van der Waals surface area (Å²) in [5, 5.41) is 2.43. The molecular formula is C15H15ClFN3S. The van der Waals surface area contributed by atoms with E-state index in [0.717, 1.165) is 5.56 Å². The molecule has 0 bridgehead atoms. The Labute approximate surface area is 131 Å². The molecule has 0 radical (unpaired) electrons. The largest absolute Gasteiger partial charge is 0.370 e. The minimum atomic E-state index is -0.459. The van der Waals surface area contributed by atoms with Gasteiger partial charge in [0.15, 0.2) is 5.96 Å². The molecule has 110 valence electrons. The summed E-state index contributed by atoms with van der Waals surface area (Å²) in [6.07, 6.45) is 0. The molecule has 0 fully saturated rings. The molecule has 3 rings (SSSR count). The summed E-state index contributed by atoms with van der Waals surface area (Å²) >= 11 is 7.91. The minimum Gasteiger partial charge on any atom is -0.370 e. The second kappa shape index (κ2) is 5.31. The van der Waals surface area contributed by atoms with E-state index in [9.17, 15) is 4.39 Å². The molecule has 21 heavy (non-hydrogen) atoms. The van der Waals surface area contributed by atoms with Crippen LogP contribution in [0.15, 0.2) is 40.7 Å². The molecule has 1 aromatic heterocycles. The second-order valence-electron chi connectivity index (χ2n) is 5.24. The molecule has 3 nitrogen and oxygen atoms in total. The van der Waals surface area contributed by atoms with Crippen LogP contribution in [0.25, 0.3) is 0 Å². The van der Waals surface area contributed by atoms with Crippen molar-refractivity contribution >= 4 is 28.9 Å². The van der Waals surface area contributed by atoms with E-state index in [0.29, 0.717) is 24.1 Å². The van der Waals surface area contributed by atoms with E-state index < -0.39 is 5.54 Å². The Morgan fingerprint density at radius 1 is 1.48 bits per heavy atom. The van der Waals surface area contributed by atoms with E-state index in [2.05, 4.69) is 11.1 Å². The molecule has 0 saturated carbocycles. The van der Waals surface area contributed by atoms with Gasteiger partial charge in [-0.2, -0.15) is 0 Å². The molecule has 0 spiro atoms. The van der Waals surface area contributed by atoms with Crippen LogP contribution in [0.2, 0.25) is 5.02 Å². The molecule has 0 aliphatic carbocycles. The first kappa shape index (κ1) is 14.4. The summed E-state index contributed by atoms with van der Waals surface area (Å²) in [5.74, 6) is 0.148. The van der Waals surface area contributed by atoms with Gasteiger partial charge in [0.2, 0.25) is 0 Å². The van der Waals surface area contributed by atoms with Gasteiger partial charge in [-0.3, -0.25) is 4.99 Å². The fraction of sp³-hybridized carbons (Fsp3) is 0.267. The summed E-state index contributed by atoms with van der Waals surface area (Å²) in [7, 11) is 0. The third-order valence-electron chi connectivity index (χ3n) is 3.83. The normalized spacial score (nSPS) is 21.7. The Kier molecular flexibility index (Phi) is 3.63. The number of aliphatic imine (C=N–C) groups is 1. The molecule has 6 heteroatoms. The Bertz CT molecular complexity index is 686. The lowest BCUT2D eigenvalue weighted by Crippen LogP contribution is -2.46. The van der Waals surface area contributed by atoms with E-state index in [1.54, 1.807) is 17.4 Å². The Morgan fingerprint density at radius 3 is 2.95 bits per heavy atom. The minimum absolute atomic E-state index is 0.343. The summed E-state index contributed by atoms with van der Waals surface area (Å²) in [4.78, 5) is 7.58. The van der Waals surface area contributed by atoms with Crippen molar-refractivity contribution in [2.24, 2.45) is 10.7 Å². The zero-order valence-electron chi connectivity index (χ0n) is 11.5. The van der Waals surface area contributed by atoms with E-state index in [-0.39, 0.29) is 5.82 Å². The number of rotatable bonds is 3. The highest BCUT2D eigenvalue weighted by Crippen LogP contribution is 2.38. The van der Waals surface area contributed by atoms with Gasteiger partial charge in [-0.05, 0) is 36.1 Å². The molecule has 0 amide bonds. The van der Waals surface area contributed by atoms with E-state index in [1.807, 2.05) is 23.3 Å². The summed E-state index contributed by atoms with van der Waals surface area (Å²) in [5.41, 5.74) is 6.43. The lowest BCUT2D eigenvalue weighted by atomic mass is 9.91. The quantitative estimate of drug-likeness (QED) is 0.938. The number of nitrogens with two attached hydrogens (primary N) is 1. The van der Waals surface area contributed by atoms with Crippen LogP contribution in [-0.2, 0) is 12.1 Å². The maximum Gasteiger partial charge on any atom is 0.192 e. The topological polar surface area (TPSA) is 41.6 Å². The lowest BCUT2D eigenvalue weighted by Gasteiger charge is -2.37. The van der Waals surface area contributed by atoms with Crippen molar-refractivity contribution in [3.8, 4) is 0 Å². The second-order valence-corrected chi connectivity index (χ2v) is 6.68. The Morgan fingerprint density at radius 2 is 2.29 bits per heavy atom. The average Bonchev–Trinajstić information content (AvgIpc) is 3.03. The highest BCUT2D eigenvalue weighted by Gasteiger charge is 2.41. The van der Waals surface area contributed by atoms with Crippen molar-refractivity contribution in [2.75, 3.05) is 6.54 Å². The fourth-order valence-electron chi connectivity index (χ4n) is 2.63. The van der Waals surface area contributed by atoms with Crippen molar-refractivity contribution in [1.29, 1.82) is 0 Å². The highest BCUT2D eigenvalue weighted by molar-refractivity contribution is 7.09. The van der Waals surface area contributed by atoms with Crippen LogP contribution in [0, 0.1) is 5.82 Å². The first-order valence-corrected chi connectivity index (χ1v) is 7.82. The van der Waals surface area contributed by atoms with Gasteiger partial charge in [-0.15, -0.1) is 11.3 Å².